The van der Waals surface area contributed by atoms with Crippen molar-refractivity contribution in [3.63, 3.8) is 0 Å². The van der Waals surface area contributed by atoms with E-state index in [4.69, 9.17) is 11.1 Å². The Kier molecular flexibility index (Phi) is 3.74. The molecule has 1 aliphatic heterocycles. The predicted molar refractivity (Wildman–Crippen MR) is 68.9 cm³/mol. The Bertz CT molecular complexity index is 394. The maximum absolute atomic E-state index is 7.45. The normalized spacial score (nSPS) is 18.2. The van der Waals surface area contributed by atoms with E-state index >= 15 is 0 Å². The first-order valence-corrected chi connectivity index (χ1v) is 6.14. The van der Waals surface area contributed by atoms with Crippen molar-refractivity contribution in [1.82, 2.24) is 9.88 Å². The standard InChI is InChI=1S/C13H20N4/c1-10-3-2-4-12(16-10)9-17-7-5-11(6-8-17)13(14)15/h2-4,11H,5-9H2,1H3,(H3,14,15). The van der Waals surface area contributed by atoms with E-state index < -0.39 is 0 Å². The molecule has 2 rings (SSSR count). The van der Waals surface area contributed by atoms with Gasteiger partial charge < -0.3 is 5.73 Å². The van der Waals surface area contributed by atoms with Crippen LogP contribution in [0.25, 0.3) is 0 Å². The van der Waals surface area contributed by atoms with Crippen molar-refractivity contribution >= 4 is 5.84 Å². The lowest BCUT2D eigenvalue weighted by Crippen LogP contribution is -2.38. The van der Waals surface area contributed by atoms with Crippen LogP contribution >= 0.6 is 0 Å². The number of hydrogen-bond donors (Lipinski definition) is 2. The minimum absolute atomic E-state index is 0.289. The fourth-order valence-corrected chi connectivity index (χ4v) is 2.32. The smallest absolute Gasteiger partial charge is 0.0937 e. The van der Waals surface area contributed by atoms with Crippen molar-refractivity contribution in [1.29, 1.82) is 5.41 Å². The molecular weight excluding hydrogens is 212 g/mol. The summed E-state index contributed by atoms with van der Waals surface area (Å²) in [5, 5.41) is 7.45. The highest BCUT2D eigenvalue weighted by molar-refractivity contribution is 5.79. The zero-order valence-electron chi connectivity index (χ0n) is 10.3. The second kappa shape index (κ2) is 5.27. The van der Waals surface area contributed by atoms with E-state index in [0.29, 0.717) is 5.84 Å². The molecule has 0 spiro atoms. The second-order valence-corrected chi connectivity index (χ2v) is 4.78. The summed E-state index contributed by atoms with van der Waals surface area (Å²) in [7, 11) is 0. The predicted octanol–water partition coefficient (Wildman–Crippen LogP) is 1.54. The number of pyridine rings is 1. The zero-order valence-corrected chi connectivity index (χ0v) is 10.3. The van der Waals surface area contributed by atoms with Crippen LogP contribution in [-0.4, -0.2) is 28.8 Å². The third-order valence-corrected chi connectivity index (χ3v) is 3.36. The van der Waals surface area contributed by atoms with Gasteiger partial charge in [0.25, 0.3) is 0 Å². The molecule has 3 N–H and O–H groups in total. The number of hydrogen-bond acceptors (Lipinski definition) is 3. The van der Waals surface area contributed by atoms with E-state index in [0.717, 1.165) is 43.9 Å². The van der Waals surface area contributed by atoms with Crippen molar-refractivity contribution < 1.29 is 0 Å². The first-order chi connectivity index (χ1) is 8.15. The third-order valence-electron chi connectivity index (χ3n) is 3.36. The zero-order chi connectivity index (χ0) is 12.3. The fraction of sp³-hybridized carbons (Fsp3) is 0.538. The van der Waals surface area contributed by atoms with Gasteiger partial charge in [-0.25, -0.2) is 0 Å². The molecular formula is C13H20N4. The molecule has 4 heteroatoms. The summed E-state index contributed by atoms with van der Waals surface area (Å²) in [6, 6.07) is 6.15. The number of nitrogens with zero attached hydrogens (tertiary/aromatic N) is 2. The summed E-state index contributed by atoms with van der Waals surface area (Å²) >= 11 is 0. The Morgan fingerprint density at radius 1 is 1.47 bits per heavy atom. The third kappa shape index (κ3) is 3.27. The number of aryl methyl sites for hydroxylation is 1. The summed E-state index contributed by atoms with van der Waals surface area (Å²) < 4.78 is 0. The number of rotatable bonds is 3. The first-order valence-electron chi connectivity index (χ1n) is 6.14. The van der Waals surface area contributed by atoms with Gasteiger partial charge in [0.05, 0.1) is 11.5 Å². The second-order valence-electron chi connectivity index (χ2n) is 4.78. The Morgan fingerprint density at radius 3 is 2.76 bits per heavy atom. The average Bonchev–Trinajstić information content (AvgIpc) is 2.29. The molecule has 17 heavy (non-hydrogen) atoms. The minimum Gasteiger partial charge on any atom is -0.387 e. The lowest BCUT2D eigenvalue weighted by molar-refractivity contribution is 0.199. The SMILES string of the molecule is Cc1cccc(CN2CCC(C(=N)N)CC2)n1. The van der Waals surface area contributed by atoms with Gasteiger partial charge in [-0.2, -0.15) is 0 Å². The van der Waals surface area contributed by atoms with Gasteiger partial charge in [0.2, 0.25) is 0 Å². The molecule has 0 radical (unpaired) electrons. The largest absolute Gasteiger partial charge is 0.387 e. The van der Waals surface area contributed by atoms with Crippen molar-refractivity contribution in [3.05, 3.63) is 29.6 Å². The molecule has 0 saturated carbocycles. The van der Waals surface area contributed by atoms with E-state index in [1.54, 1.807) is 0 Å². The van der Waals surface area contributed by atoms with Gasteiger partial charge in [-0.05, 0) is 45.0 Å². The van der Waals surface area contributed by atoms with E-state index in [-0.39, 0.29) is 5.92 Å². The summed E-state index contributed by atoms with van der Waals surface area (Å²) in [6.07, 6.45) is 2.00. The van der Waals surface area contributed by atoms with Gasteiger partial charge in [-0.3, -0.25) is 15.3 Å². The van der Waals surface area contributed by atoms with Crippen LogP contribution in [0.15, 0.2) is 18.2 Å². The molecule has 0 amide bonds. The average molecular weight is 232 g/mol. The van der Waals surface area contributed by atoms with E-state index in [1.165, 1.54) is 0 Å². The quantitative estimate of drug-likeness (QED) is 0.613. The minimum atomic E-state index is 0.289. The van der Waals surface area contributed by atoms with Gasteiger partial charge in [-0.15, -0.1) is 0 Å². The van der Waals surface area contributed by atoms with Crippen LogP contribution in [0.5, 0.6) is 0 Å². The number of likely N-dealkylation sites (tertiary alicyclic amines) is 1. The highest BCUT2D eigenvalue weighted by atomic mass is 15.1. The molecule has 0 unspecified atom stereocenters. The Balaban J connectivity index is 1.88. The Labute approximate surface area is 102 Å². The Hall–Kier alpha value is -1.42. The highest BCUT2D eigenvalue weighted by Gasteiger charge is 2.21. The fourth-order valence-electron chi connectivity index (χ4n) is 2.32. The summed E-state index contributed by atoms with van der Waals surface area (Å²) in [5.74, 6) is 0.634. The number of amidine groups is 1. The molecule has 1 aromatic rings. The topological polar surface area (TPSA) is 66.0 Å². The summed E-state index contributed by atoms with van der Waals surface area (Å²) in [5.41, 5.74) is 7.74. The van der Waals surface area contributed by atoms with Crippen molar-refractivity contribution in [2.24, 2.45) is 11.7 Å². The monoisotopic (exact) mass is 232 g/mol. The van der Waals surface area contributed by atoms with Gasteiger partial charge in [-0.1, -0.05) is 6.07 Å². The van der Waals surface area contributed by atoms with E-state index in [9.17, 15) is 0 Å². The first kappa shape index (κ1) is 12.0. The van der Waals surface area contributed by atoms with Gasteiger partial charge in [0.15, 0.2) is 0 Å². The van der Waals surface area contributed by atoms with E-state index in [2.05, 4.69) is 22.0 Å². The van der Waals surface area contributed by atoms with Crippen LogP contribution in [0.2, 0.25) is 0 Å². The molecule has 1 fully saturated rings. The Morgan fingerprint density at radius 2 is 2.18 bits per heavy atom. The number of nitrogens with two attached hydrogens (primary N) is 1. The number of aromatic nitrogens is 1. The van der Waals surface area contributed by atoms with Crippen molar-refractivity contribution in [3.8, 4) is 0 Å². The maximum Gasteiger partial charge on any atom is 0.0937 e. The van der Waals surface area contributed by atoms with E-state index in [1.807, 2.05) is 13.0 Å². The lowest BCUT2D eigenvalue weighted by atomic mass is 9.96. The van der Waals surface area contributed by atoms with Gasteiger partial charge >= 0.3 is 0 Å². The molecule has 0 atom stereocenters. The van der Waals surface area contributed by atoms with Crippen molar-refractivity contribution in [2.75, 3.05) is 13.1 Å². The molecule has 0 bridgehead atoms. The van der Waals surface area contributed by atoms with Crippen LogP contribution in [-0.2, 0) is 6.54 Å². The molecule has 1 aromatic heterocycles. The number of piperidine rings is 1. The molecule has 0 aliphatic carbocycles. The van der Waals surface area contributed by atoms with Crippen LogP contribution in [0.4, 0.5) is 0 Å². The van der Waals surface area contributed by atoms with Gasteiger partial charge in [0.1, 0.15) is 0 Å². The number of nitrogens with one attached hydrogen (secondary N) is 1. The van der Waals surface area contributed by atoms with Crippen LogP contribution < -0.4 is 5.73 Å². The van der Waals surface area contributed by atoms with Crippen molar-refractivity contribution in [2.45, 2.75) is 26.3 Å². The molecule has 1 aliphatic rings. The van der Waals surface area contributed by atoms with Crippen LogP contribution in [0, 0.1) is 18.3 Å². The van der Waals surface area contributed by atoms with Crippen LogP contribution in [0.3, 0.4) is 0 Å². The molecule has 0 aromatic carbocycles. The molecule has 4 nitrogen and oxygen atoms in total. The van der Waals surface area contributed by atoms with Gasteiger partial charge in [0, 0.05) is 18.2 Å². The summed E-state index contributed by atoms with van der Waals surface area (Å²) in [6.45, 7) is 4.96. The molecule has 2 heterocycles. The lowest BCUT2D eigenvalue weighted by Gasteiger charge is -2.31. The molecule has 1 saturated heterocycles. The van der Waals surface area contributed by atoms with Crippen LogP contribution in [0.1, 0.15) is 24.2 Å². The maximum atomic E-state index is 7.45. The highest BCUT2D eigenvalue weighted by Crippen LogP contribution is 2.18. The summed E-state index contributed by atoms with van der Waals surface area (Å²) in [4.78, 5) is 6.90. The molecule has 92 valence electrons.